The zero-order valence-electron chi connectivity index (χ0n) is 17.9. The first-order valence-electron chi connectivity index (χ1n) is 10.8. The number of nitrogens with zero attached hydrogens (tertiary/aromatic N) is 5. The van der Waals surface area contributed by atoms with Crippen molar-refractivity contribution in [3.05, 3.63) is 36.3 Å². The van der Waals surface area contributed by atoms with E-state index < -0.39 is 0 Å². The van der Waals surface area contributed by atoms with Crippen LogP contribution in [0.3, 0.4) is 0 Å². The number of hydrogen-bond donors (Lipinski definition) is 3. The molecule has 1 atom stereocenters. The summed E-state index contributed by atoms with van der Waals surface area (Å²) in [4.78, 5) is 16.3. The summed E-state index contributed by atoms with van der Waals surface area (Å²) in [5.74, 6) is 1.34. The predicted molar refractivity (Wildman–Crippen MR) is 120 cm³/mol. The summed E-state index contributed by atoms with van der Waals surface area (Å²) in [6.07, 6.45) is 3.83. The predicted octanol–water partition coefficient (Wildman–Crippen LogP) is 2.67. The molecule has 8 heteroatoms. The molecule has 0 spiro atoms. The molecule has 0 aliphatic carbocycles. The Morgan fingerprint density at radius 2 is 1.90 bits per heavy atom. The van der Waals surface area contributed by atoms with Gasteiger partial charge < -0.3 is 25.4 Å². The Kier molecular flexibility index (Phi) is 4.83. The average Bonchev–Trinajstić information content (AvgIpc) is 3.12. The highest BCUT2D eigenvalue weighted by Crippen LogP contribution is 2.36. The van der Waals surface area contributed by atoms with E-state index in [1.54, 1.807) is 0 Å². The molecule has 0 bridgehead atoms. The molecule has 0 saturated carbocycles. The molecule has 158 valence electrons. The van der Waals surface area contributed by atoms with Crippen LogP contribution in [0.1, 0.15) is 32.5 Å². The minimum Gasteiger partial charge on any atom is -0.368 e. The Hall–Kier alpha value is -2.71. The maximum atomic E-state index is 4.87. The molecule has 5 heterocycles. The van der Waals surface area contributed by atoms with E-state index in [0.29, 0.717) is 12.0 Å². The molecule has 30 heavy (non-hydrogen) atoms. The number of rotatable bonds is 3. The summed E-state index contributed by atoms with van der Waals surface area (Å²) in [5.41, 5.74) is 3.54. The van der Waals surface area contributed by atoms with E-state index in [2.05, 4.69) is 68.3 Å². The normalized spacial score (nSPS) is 19.7. The third-order valence-electron chi connectivity index (χ3n) is 6.08. The summed E-state index contributed by atoms with van der Waals surface area (Å²) >= 11 is 0. The molecule has 0 aromatic carbocycles. The first-order valence-corrected chi connectivity index (χ1v) is 10.8. The van der Waals surface area contributed by atoms with Crippen LogP contribution < -0.4 is 20.9 Å². The number of aromatic nitrogens is 4. The number of fused-ring (bicyclic) bond motifs is 3. The standard InChI is InChI=1S/C22H30N8/c1-22(2,3)18-14-24-12-17-10-15-11-26-21(28-20(15)30(17)18)27-19-5-4-16(13-25-19)29-8-6-23-7-9-29/h4-5,10-11,13,18,23-24H,6-9,12,14H2,1-3H3,(H,25,26,27,28)/t18-/m1/s1. The van der Waals surface area contributed by atoms with Gasteiger partial charge in [-0.15, -0.1) is 0 Å². The number of anilines is 3. The summed E-state index contributed by atoms with van der Waals surface area (Å²) in [6.45, 7) is 12.7. The van der Waals surface area contributed by atoms with Crippen molar-refractivity contribution in [3.8, 4) is 0 Å². The molecular weight excluding hydrogens is 376 g/mol. The Morgan fingerprint density at radius 3 is 2.63 bits per heavy atom. The smallest absolute Gasteiger partial charge is 0.230 e. The second-order valence-corrected chi connectivity index (χ2v) is 9.25. The van der Waals surface area contributed by atoms with Crippen LogP contribution in [0.25, 0.3) is 11.0 Å². The lowest BCUT2D eigenvalue weighted by Gasteiger charge is -2.37. The van der Waals surface area contributed by atoms with Gasteiger partial charge in [-0.2, -0.15) is 4.98 Å². The topological polar surface area (TPSA) is 82.9 Å². The number of piperazine rings is 1. The van der Waals surface area contributed by atoms with E-state index in [0.717, 1.165) is 61.8 Å². The molecule has 1 saturated heterocycles. The molecule has 3 aromatic heterocycles. The third kappa shape index (κ3) is 3.61. The average molecular weight is 407 g/mol. The molecule has 1 fully saturated rings. The Labute approximate surface area is 177 Å². The number of pyridine rings is 1. The zero-order valence-corrected chi connectivity index (χ0v) is 17.9. The van der Waals surface area contributed by atoms with E-state index in [-0.39, 0.29) is 5.41 Å². The molecule has 2 aliphatic heterocycles. The van der Waals surface area contributed by atoms with Crippen molar-refractivity contribution < 1.29 is 0 Å². The van der Waals surface area contributed by atoms with Gasteiger partial charge in [0.25, 0.3) is 0 Å². The highest BCUT2D eigenvalue weighted by molar-refractivity contribution is 5.78. The fraction of sp³-hybridized carbons (Fsp3) is 0.500. The third-order valence-corrected chi connectivity index (χ3v) is 6.08. The minimum absolute atomic E-state index is 0.133. The summed E-state index contributed by atoms with van der Waals surface area (Å²) < 4.78 is 2.39. The van der Waals surface area contributed by atoms with Crippen LogP contribution >= 0.6 is 0 Å². The highest BCUT2D eigenvalue weighted by atomic mass is 15.2. The summed E-state index contributed by atoms with van der Waals surface area (Å²) in [7, 11) is 0. The fourth-order valence-corrected chi connectivity index (χ4v) is 4.41. The van der Waals surface area contributed by atoms with Gasteiger partial charge in [-0.25, -0.2) is 9.97 Å². The Morgan fingerprint density at radius 1 is 1.07 bits per heavy atom. The van der Waals surface area contributed by atoms with Gasteiger partial charge in [0, 0.05) is 56.5 Å². The van der Waals surface area contributed by atoms with Gasteiger partial charge in [0.1, 0.15) is 11.5 Å². The van der Waals surface area contributed by atoms with Crippen molar-refractivity contribution in [2.75, 3.05) is 42.9 Å². The van der Waals surface area contributed by atoms with Crippen molar-refractivity contribution in [3.63, 3.8) is 0 Å². The van der Waals surface area contributed by atoms with Crippen LogP contribution in [0, 0.1) is 5.41 Å². The summed E-state index contributed by atoms with van der Waals surface area (Å²) in [6, 6.07) is 6.66. The monoisotopic (exact) mass is 406 g/mol. The minimum atomic E-state index is 0.133. The van der Waals surface area contributed by atoms with Crippen LogP contribution in [0.15, 0.2) is 30.6 Å². The molecule has 0 unspecified atom stereocenters. The largest absolute Gasteiger partial charge is 0.368 e. The lowest BCUT2D eigenvalue weighted by molar-refractivity contribution is 0.217. The molecule has 0 amide bonds. The lowest BCUT2D eigenvalue weighted by atomic mass is 9.85. The van der Waals surface area contributed by atoms with Crippen molar-refractivity contribution in [1.29, 1.82) is 0 Å². The van der Waals surface area contributed by atoms with Gasteiger partial charge in [0.05, 0.1) is 17.9 Å². The van der Waals surface area contributed by atoms with E-state index in [1.165, 1.54) is 5.69 Å². The first-order chi connectivity index (χ1) is 14.5. The van der Waals surface area contributed by atoms with Gasteiger partial charge in [-0.3, -0.25) is 0 Å². The molecular formula is C22H30N8. The first kappa shape index (κ1) is 19.3. The highest BCUT2D eigenvalue weighted by Gasteiger charge is 2.32. The number of hydrogen-bond acceptors (Lipinski definition) is 7. The van der Waals surface area contributed by atoms with Gasteiger partial charge in [0.2, 0.25) is 5.95 Å². The maximum absolute atomic E-state index is 4.87. The van der Waals surface area contributed by atoms with Gasteiger partial charge in [0.15, 0.2) is 0 Å². The Bertz CT molecular complexity index is 1030. The van der Waals surface area contributed by atoms with Crippen molar-refractivity contribution >= 4 is 28.5 Å². The van der Waals surface area contributed by atoms with Crippen LogP contribution in [-0.4, -0.2) is 52.2 Å². The molecule has 8 nitrogen and oxygen atoms in total. The SMILES string of the molecule is CC(C)(C)[C@H]1CNCc2cc3cnc(Nc4ccc(N5CCNCC5)cn4)nc3n21. The van der Waals surface area contributed by atoms with Crippen LogP contribution in [0.5, 0.6) is 0 Å². The second-order valence-electron chi connectivity index (χ2n) is 9.25. The second kappa shape index (κ2) is 7.52. The van der Waals surface area contributed by atoms with Crippen molar-refractivity contribution in [1.82, 2.24) is 30.2 Å². The van der Waals surface area contributed by atoms with Crippen LogP contribution in [0.2, 0.25) is 0 Å². The Balaban J connectivity index is 1.41. The number of nitrogens with one attached hydrogen (secondary N) is 3. The summed E-state index contributed by atoms with van der Waals surface area (Å²) in [5, 5.41) is 11.3. The van der Waals surface area contributed by atoms with E-state index >= 15 is 0 Å². The van der Waals surface area contributed by atoms with Crippen LogP contribution in [-0.2, 0) is 6.54 Å². The quantitative estimate of drug-likeness (QED) is 0.617. The van der Waals surface area contributed by atoms with Crippen molar-refractivity contribution in [2.24, 2.45) is 5.41 Å². The van der Waals surface area contributed by atoms with E-state index in [4.69, 9.17) is 4.98 Å². The van der Waals surface area contributed by atoms with Crippen LogP contribution in [0.4, 0.5) is 17.5 Å². The molecule has 0 radical (unpaired) electrons. The van der Waals surface area contributed by atoms with Gasteiger partial charge >= 0.3 is 0 Å². The molecule has 2 aliphatic rings. The molecule has 3 aromatic rings. The molecule has 3 N–H and O–H groups in total. The van der Waals surface area contributed by atoms with Gasteiger partial charge in [-0.05, 0) is 23.6 Å². The lowest BCUT2D eigenvalue weighted by Crippen LogP contribution is -2.43. The fourth-order valence-electron chi connectivity index (χ4n) is 4.41. The van der Waals surface area contributed by atoms with E-state index in [9.17, 15) is 0 Å². The zero-order chi connectivity index (χ0) is 20.7. The molecule has 5 rings (SSSR count). The van der Waals surface area contributed by atoms with Crippen molar-refractivity contribution in [2.45, 2.75) is 33.4 Å². The maximum Gasteiger partial charge on any atom is 0.230 e. The van der Waals surface area contributed by atoms with E-state index in [1.807, 2.05) is 18.5 Å². The van der Waals surface area contributed by atoms with Gasteiger partial charge in [-0.1, -0.05) is 20.8 Å².